The minimum Gasteiger partial charge on any atom is -0.486 e. The first-order valence-electron chi connectivity index (χ1n) is 9.72. The van der Waals surface area contributed by atoms with E-state index in [9.17, 15) is 9.59 Å². The van der Waals surface area contributed by atoms with Crippen molar-refractivity contribution < 1.29 is 19.1 Å². The molecule has 0 fully saturated rings. The van der Waals surface area contributed by atoms with Crippen molar-refractivity contribution in [3.05, 3.63) is 70.7 Å². The van der Waals surface area contributed by atoms with Gasteiger partial charge in [0.15, 0.2) is 11.5 Å². The topological polar surface area (TPSA) is 76.7 Å². The second-order valence-corrected chi connectivity index (χ2v) is 7.35. The summed E-state index contributed by atoms with van der Waals surface area (Å²) in [6.07, 6.45) is 0.178. The molecule has 0 aliphatic carbocycles. The van der Waals surface area contributed by atoms with Gasteiger partial charge in [-0.2, -0.15) is 0 Å². The van der Waals surface area contributed by atoms with Gasteiger partial charge in [-0.25, -0.2) is 0 Å². The van der Waals surface area contributed by atoms with Crippen molar-refractivity contribution in [2.45, 2.75) is 13.0 Å². The van der Waals surface area contributed by atoms with Gasteiger partial charge in [0.2, 0.25) is 5.91 Å². The smallest absolute Gasteiger partial charge is 0.251 e. The lowest BCUT2D eigenvalue weighted by Crippen LogP contribution is -2.30. The molecule has 0 unspecified atom stereocenters. The monoisotopic (exact) mass is 424 g/mol. The summed E-state index contributed by atoms with van der Waals surface area (Å²) < 4.78 is 11.0. The molecular formula is C23H21ClN2O4. The van der Waals surface area contributed by atoms with Crippen LogP contribution in [0.4, 0.5) is 0 Å². The molecule has 1 aliphatic heterocycles. The van der Waals surface area contributed by atoms with E-state index < -0.39 is 0 Å². The summed E-state index contributed by atoms with van der Waals surface area (Å²) in [5.74, 6) is 0.752. The first-order valence-corrected chi connectivity index (χ1v) is 10.1. The maximum absolute atomic E-state index is 12.3. The van der Waals surface area contributed by atoms with Crippen LogP contribution in [0.15, 0.2) is 54.6 Å². The summed E-state index contributed by atoms with van der Waals surface area (Å²) in [4.78, 5) is 24.5. The Hall–Kier alpha value is -3.25. The number of hydrogen-bond donors (Lipinski definition) is 2. The molecule has 0 atom stereocenters. The Morgan fingerprint density at radius 3 is 2.60 bits per heavy atom. The van der Waals surface area contributed by atoms with Gasteiger partial charge in [0.05, 0.1) is 5.02 Å². The maximum atomic E-state index is 12.3. The average Bonchev–Trinajstić information content (AvgIpc) is 2.77. The van der Waals surface area contributed by atoms with Gasteiger partial charge in [-0.3, -0.25) is 9.59 Å². The normalized spacial score (nSPS) is 12.4. The third kappa shape index (κ3) is 4.66. The first kappa shape index (κ1) is 20.0. The molecule has 6 nitrogen and oxygen atoms in total. The Kier molecular flexibility index (Phi) is 6.05. The number of fused-ring (bicyclic) bond motifs is 2. The maximum Gasteiger partial charge on any atom is 0.251 e. The highest BCUT2D eigenvalue weighted by molar-refractivity contribution is 6.32. The average molecular weight is 425 g/mol. The van der Waals surface area contributed by atoms with E-state index >= 15 is 0 Å². The van der Waals surface area contributed by atoms with Crippen molar-refractivity contribution >= 4 is 34.2 Å². The zero-order valence-corrected chi connectivity index (χ0v) is 17.0. The number of carbonyl (C=O) groups is 2. The molecule has 3 aromatic carbocycles. The van der Waals surface area contributed by atoms with E-state index in [0.29, 0.717) is 41.8 Å². The summed E-state index contributed by atoms with van der Waals surface area (Å²) in [6, 6.07) is 16.9. The van der Waals surface area contributed by atoms with Gasteiger partial charge in [-0.05, 0) is 40.6 Å². The molecule has 2 amide bonds. The van der Waals surface area contributed by atoms with Gasteiger partial charge in [0.1, 0.15) is 13.2 Å². The van der Waals surface area contributed by atoms with Gasteiger partial charge in [-0.1, -0.05) is 41.9 Å². The van der Waals surface area contributed by atoms with E-state index in [-0.39, 0.29) is 24.8 Å². The molecule has 0 aromatic heterocycles. The molecule has 1 aliphatic rings. The fourth-order valence-corrected chi connectivity index (χ4v) is 3.57. The van der Waals surface area contributed by atoms with Crippen molar-refractivity contribution in [1.82, 2.24) is 10.6 Å². The standard InChI is InChI=1S/C23H21ClN2O4/c24-19-11-15(12-20-22(19)30-10-9-29-20)14-26-21(27)7-8-25-23(28)18-6-5-16-3-1-2-4-17(16)13-18/h1-6,11-13H,7-10,14H2,(H,25,28)(H,26,27). The predicted octanol–water partition coefficient (Wildman–Crippen LogP) is 3.70. The lowest BCUT2D eigenvalue weighted by atomic mass is 10.1. The van der Waals surface area contributed by atoms with Gasteiger partial charge < -0.3 is 20.1 Å². The Balaban J connectivity index is 1.25. The lowest BCUT2D eigenvalue weighted by molar-refractivity contribution is -0.121. The van der Waals surface area contributed by atoms with Crippen LogP contribution < -0.4 is 20.1 Å². The highest BCUT2D eigenvalue weighted by Crippen LogP contribution is 2.38. The number of benzene rings is 3. The Bertz CT molecular complexity index is 1100. The predicted molar refractivity (Wildman–Crippen MR) is 115 cm³/mol. The van der Waals surface area contributed by atoms with Gasteiger partial charge in [-0.15, -0.1) is 0 Å². The third-order valence-electron chi connectivity index (χ3n) is 4.80. The van der Waals surface area contributed by atoms with Crippen LogP contribution in [0.5, 0.6) is 11.5 Å². The summed E-state index contributed by atoms with van der Waals surface area (Å²) in [5, 5.41) is 8.15. The van der Waals surface area contributed by atoms with Crippen LogP contribution in [0.2, 0.25) is 5.02 Å². The van der Waals surface area contributed by atoms with Gasteiger partial charge >= 0.3 is 0 Å². The number of amides is 2. The molecule has 0 spiro atoms. The highest BCUT2D eigenvalue weighted by Gasteiger charge is 2.17. The summed E-state index contributed by atoms with van der Waals surface area (Å²) in [5.41, 5.74) is 1.39. The molecule has 154 valence electrons. The third-order valence-corrected chi connectivity index (χ3v) is 5.08. The zero-order chi connectivity index (χ0) is 20.9. The molecule has 0 saturated heterocycles. The fraction of sp³-hybridized carbons (Fsp3) is 0.217. The second-order valence-electron chi connectivity index (χ2n) is 6.95. The van der Waals surface area contributed by atoms with Crippen LogP contribution in [0.3, 0.4) is 0 Å². The van der Waals surface area contributed by atoms with E-state index in [0.717, 1.165) is 16.3 Å². The van der Waals surface area contributed by atoms with E-state index in [1.165, 1.54) is 0 Å². The zero-order valence-electron chi connectivity index (χ0n) is 16.2. The summed E-state index contributed by atoms with van der Waals surface area (Å²) in [7, 11) is 0. The van der Waals surface area contributed by atoms with Crippen LogP contribution in [-0.2, 0) is 11.3 Å². The Labute approximate surface area is 179 Å². The highest BCUT2D eigenvalue weighted by atomic mass is 35.5. The number of rotatable bonds is 6. The van der Waals surface area contributed by atoms with Crippen LogP contribution >= 0.6 is 11.6 Å². The van der Waals surface area contributed by atoms with Crippen LogP contribution in [0, 0.1) is 0 Å². The SMILES string of the molecule is O=C(CCNC(=O)c1ccc2ccccc2c1)NCc1cc(Cl)c2c(c1)OCCO2. The number of carbonyl (C=O) groups excluding carboxylic acids is 2. The summed E-state index contributed by atoms with van der Waals surface area (Å²) >= 11 is 6.21. The van der Waals surface area contributed by atoms with E-state index in [4.69, 9.17) is 21.1 Å². The largest absolute Gasteiger partial charge is 0.486 e. The molecule has 4 rings (SSSR count). The lowest BCUT2D eigenvalue weighted by Gasteiger charge is -2.20. The molecule has 0 bridgehead atoms. The molecule has 30 heavy (non-hydrogen) atoms. The first-order chi connectivity index (χ1) is 14.6. The fourth-order valence-electron chi connectivity index (χ4n) is 3.28. The minimum atomic E-state index is -0.202. The van der Waals surface area contributed by atoms with Crippen LogP contribution in [-0.4, -0.2) is 31.6 Å². The minimum absolute atomic E-state index is 0.167. The van der Waals surface area contributed by atoms with E-state index in [2.05, 4.69) is 10.6 Å². The molecule has 2 N–H and O–H groups in total. The van der Waals surface area contributed by atoms with Crippen LogP contribution in [0.25, 0.3) is 10.8 Å². The quantitative estimate of drug-likeness (QED) is 0.632. The summed E-state index contributed by atoms with van der Waals surface area (Å²) in [6.45, 7) is 1.50. The van der Waals surface area contributed by atoms with Gasteiger partial charge in [0.25, 0.3) is 5.91 Å². The van der Waals surface area contributed by atoms with Crippen molar-refractivity contribution in [3.8, 4) is 11.5 Å². The molecular weight excluding hydrogens is 404 g/mol. The number of ether oxygens (including phenoxy) is 2. The molecule has 0 saturated carbocycles. The number of hydrogen-bond acceptors (Lipinski definition) is 4. The number of nitrogens with one attached hydrogen (secondary N) is 2. The van der Waals surface area contributed by atoms with E-state index in [1.54, 1.807) is 12.1 Å². The van der Waals surface area contributed by atoms with Crippen molar-refractivity contribution in [2.75, 3.05) is 19.8 Å². The second kappa shape index (κ2) is 9.05. The Morgan fingerprint density at radius 2 is 1.73 bits per heavy atom. The Morgan fingerprint density at radius 1 is 0.933 bits per heavy atom. The molecule has 1 heterocycles. The molecule has 0 radical (unpaired) electrons. The van der Waals surface area contributed by atoms with Gasteiger partial charge in [0, 0.05) is 25.1 Å². The van der Waals surface area contributed by atoms with E-state index in [1.807, 2.05) is 42.5 Å². The van der Waals surface area contributed by atoms with Crippen molar-refractivity contribution in [3.63, 3.8) is 0 Å². The number of halogens is 1. The molecule has 7 heteroatoms. The van der Waals surface area contributed by atoms with Crippen molar-refractivity contribution in [2.24, 2.45) is 0 Å². The molecule has 3 aromatic rings. The van der Waals surface area contributed by atoms with Crippen molar-refractivity contribution in [1.29, 1.82) is 0 Å². The van der Waals surface area contributed by atoms with Crippen LogP contribution in [0.1, 0.15) is 22.3 Å².